The molecule has 0 atom stereocenters. The Morgan fingerprint density at radius 1 is 0.652 bits per heavy atom. The minimum absolute atomic E-state index is 0.112. The molecule has 0 spiro atoms. The van der Waals surface area contributed by atoms with Gasteiger partial charge in [-0.05, 0) is 24.3 Å². The fourth-order valence-electron chi connectivity index (χ4n) is 1.73. The number of benzene rings is 1. The summed E-state index contributed by atoms with van der Waals surface area (Å²) in [4.78, 5) is -1.98. The molecule has 0 bridgehead atoms. The maximum absolute atomic E-state index is 12.7. The number of halogens is 10. The standard InChI is InChI=1S/C10H4F10O2S/c11-5-1-3-6(4-2-5)23(21,22)7(8(12,13)14,9(15,16)17)10(18,19)20/h1-4H. The highest BCUT2D eigenvalue weighted by Crippen LogP contribution is 2.58. The van der Waals surface area contributed by atoms with Crippen LogP contribution in [-0.2, 0) is 9.84 Å². The van der Waals surface area contributed by atoms with E-state index in [0.717, 1.165) is 0 Å². The van der Waals surface area contributed by atoms with E-state index in [4.69, 9.17) is 0 Å². The van der Waals surface area contributed by atoms with Crippen molar-refractivity contribution >= 4 is 9.84 Å². The zero-order chi connectivity index (χ0) is 18.5. The molecule has 0 aromatic heterocycles. The molecule has 23 heavy (non-hydrogen) atoms. The molecule has 0 aliphatic rings. The topological polar surface area (TPSA) is 34.1 Å². The highest BCUT2D eigenvalue weighted by molar-refractivity contribution is 7.93. The van der Waals surface area contributed by atoms with Crippen LogP contribution in [0.5, 0.6) is 0 Å². The summed E-state index contributed by atoms with van der Waals surface area (Å²) in [5.74, 6) is -1.28. The van der Waals surface area contributed by atoms with Crippen molar-refractivity contribution in [1.82, 2.24) is 0 Å². The summed E-state index contributed by atoms with van der Waals surface area (Å²) in [5.41, 5.74) is 0. The number of sulfone groups is 1. The van der Waals surface area contributed by atoms with Crippen LogP contribution in [0.1, 0.15) is 0 Å². The minimum atomic E-state index is -7.27. The van der Waals surface area contributed by atoms with Crippen molar-refractivity contribution in [3.8, 4) is 0 Å². The van der Waals surface area contributed by atoms with Crippen molar-refractivity contribution in [2.45, 2.75) is 28.2 Å². The molecule has 0 saturated heterocycles. The van der Waals surface area contributed by atoms with Crippen LogP contribution in [0.3, 0.4) is 0 Å². The Bertz CT molecular complexity index is 630. The van der Waals surface area contributed by atoms with E-state index in [9.17, 15) is 52.3 Å². The van der Waals surface area contributed by atoms with Crippen LogP contribution in [0.25, 0.3) is 0 Å². The lowest BCUT2D eigenvalue weighted by molar-refractivity contribution is -0.347. The summed E-state index contributed by atoms with van der Waals surface area (Å²) >= 11 is 0. The SMILES string of the molecule is O=S(=O)(c1ccc(F)cc1)C(C(F)(F)F)(C(F)(F)F)C(F)(F)F. The van der Waals surface area contributed by atoms with Gasteiger partial charge in [-0.1, -0.05) is 0 Å². The molecular weight excluding hydrogens is 374 g/mol. The van der Waals surface area contributed by atoms with Crippen molar-refractivity contribution in [3.63, 3.8) is 0 Å². The van der Waals surface area contributed by atoms with Gasteiger partial charge in [-0.15, -0.1) is 0 Å². The predicted molar refractivity (Wildman–Crippen MR) is 54.5 cm³/mol. The Morgan fingerprint density at radius 2 is 0.957 bits per heavy atom. The third kappa shape index (κ3) is 2.74. The molecule has 0 N–H and O–H groups in total. The zero-order valence-corrected chi connectivity index (χ0v) is 11.1. The fourth-order valence-corrected chi connectivity index (χ4v) is 3.49. The van der Waals surface area contributed by atoms with Gasteiger partial charge in [0.2, 0.25) is 9.84 Å². The van der Waals surface area contributed by atoms with Gasteiger partial charge in [0.15, 0.2) is 0 Å². The lowest BCUT2D eigenvalue weighted by Gasteiger charge is -2.37. The third-order valence-corrected chi connectivity index (χ3v) is 5.12. The lowest BCUT2D eigenvalue weighted by atomic mass is 10.1. The normalized spacial score (nSPS) is 14.9. The van der Waals surface area contributed by atoms with E-state index in [1.807, 2.05) is 0 Å². The van der Waals surface area contributed by atoms with E-state index in [-0.39, 0.29) is 24.3 Å². The van der Waals surface area contributed by atoms with Gasteiger partial charge in [-0.25, -0.2) is 12.8 Å². The van der Waals surface area contributed by atoms with Gasteiger partial charge in [-0.3, -0.25) is 0 Å². The predicted octanol–water partition coefficient (Wildman–Crippen LogP) is 4.03. The molecule has 0 aliphatic carbocycles. The van der Waals surface area contributed by atoms with Crippen LogP contribution in [0.4, 0.5) is 43.9 Å². The molecule has 0 amide bonds. The second kappa shape index (κ2) is 5.24. The Hall–Kier alpha value is -1.53. The molecule has 1 rings (SSSR count). The summed E-state index contributed by atoms with van der Waals surface area (Å²) in [5, 5.41) is 0. The minimum Gasteiger partial charge on any atom is -0.222 e. The maximum atomic E-state index is 12.7. The average Bonchev–Trinajstić information content (AvgIpc) is 2.22. The second-order valence-electron chi connectivity index (χ2n) is 4.13. The van der Waals surface area contributed by atoms with Gasteiger partial charge >= 0.3 is 23.3 Å². The first-order chi connectivity index (χ1) is 10.00. The fraction of sp³-hybridized carbons (Fsp3) is 0.400. The van der Waals surface area contributed by atoms with Gasteiger partial charge in [0.25, 0.3) is 0 Å². The summed E-state index contributed by atoms with van der Waals surface area (Å²) in [6.45, 7) is 0. The van der Waals surface area contributed by atoms with E-state index in [2.05, 4.69) is 0 Å². The van der Waals surface area contributed by atoms with E-state index in [0.29, 0.717) is 0 Å². The van der Waals surface area contributed by atoms with E-state index in [1.54, 1.807) is 0 Å². The first-order valence-corrected chi connectivity index (χ1v) is 6.69. The van der Waals surface area contributed by atoms with Gasteiger partial charge < -0.3 is 0 Å². The first kappa shape index (κ1) is 19.5. The van der Waals surface area contributed by atoms with Crippen LogP contribution in [0.15, 0.2) is 29.2 Å². The van der Waals surface area contributed by atoms with Crippen LogP contribution < -0.4 is 0 Å². The Balaban J connectivity index is 3.95. The van der Waals surface area contributed by atoms with Crippen LogP contribution in [0, 0.1) is 5.82 Å². The van der Waals surface area contributed by atoms with E-state index < -0.39 is 43.8 Å². The third-order valence-electron chi connectivity index (χ3n) is 2.72. The molecule has 13 heteroatoms. The Kier molecular flexibility index (Phi) is 4.45. The highest BCUT2D eigenvalue weighted by atomic mass is 32.2. The van der Waals surface area contributed by atoms with Gasteiger partial charge in [0.1, 0.15) is 5.82 Å². The van der Waals surface area contributed by atoms with Crippen LogP contribution in [0.2, 0.25) is 0 Å². The molecule has 0 unspecified atom stereocenters. The largest absolute Gasteiger partial charge is 0.426 e. The molecule has 1 aromatic carbocycles. The summed E-state index contributed by atoms with van der Waals surface area (Å²) in [6, 6.07) is -0.0210. The number of rotatable bonds is 2. The molecule has 0 saturated carbocycles. The van der Waals surface area contributed by atoms with Crippen molar-refractivity contribution < 1.29 is 52.3 Å². The molecule has 1 aromatic rings. The van der Waals surface area contributed by atoms with Gasteiger partial charge in [0.05, 0.1) is 4.90 Å². The smallest absolute Gasteiger partial charge is 0.222 e. The van der Waals surface area contributed by atoms with Gasteiger partial charge in [-0.2, -0.15) is 39.5 Å². The molecule has 0 radical (unpaired) electrons. The second-order valence-corrected chi connectivity index (χ2v) is 6.22. The monoisotopic (exact) mass is 378 g/mol. The highest BCUT2D eigenvalue weighted by Gasteiger charge is 2.90. The van der Waals surface area contributed by atoms with Crippen LogP contribution in [-0.4, -0.2) is 31.7 Å². The Morgan fingerprint density at radius 3 is 1.22 bits per heavy atom. The summed E-state index contributed by atoms with van der Waals surface area (Å²) in [6.07, 6.45) is -21.8. The van der Waals surface area contributed by atoms with Crippen molar-refractivity contribution in [3.05, 3.63) is 30.1 Å². The summed E-state index contributed by atoms with van der Waals surface area (Å²) < 4.78 is 143. The van der Waals surface area contributed by atoms with Crippen LogP contribution >= 0.6 is 0 Å². The zero-order valence-electron chi connectivity index (χ0n) is 10.3. The molecule has 2 nitrogen and oxygen atoms in total. The molecule has 0 fully saturated rings. The van der Waals surface area contributed by atoms with Gasteiger partial charge in [0, 0.05) is 0 Å². The summed E-state index contributed by atoms with van der Waals surface area (Å²) in [7, 11) is -7.09. The van der Waals surface area contributed by atoms with E-state index >= 15 is 0 Å². The Labute approximate surface area is 121 Å². The van der Waals surface area contributed by atoms with Crippen molar-refractivity contribution in [2.24, 2.45) is 0 Å². The van der Waals surface area contributed by atoms with Crippen molar-refractivity contribution in [1.29, 1.82) is 0 Å². The lowest BCUT2D eigenvalue weighted by Crippen LogP contribution is -2.70. The molecule has 132 valence electrons. The van der Waals surface area contributed by atoms with Crippen molar-refractivity contribution in [2.75, 3.05) is 0 Å². The number of hydrogen-bond donors (Lipinski definition) is 0. The molecular formula is C10H4F10O2S. The molecule has 0 aliphatic heterocycles. The quantitative estimate of drug-likeness (QED) is 0.576. The van der Waals surface area contributed by atoms with E-state index in [1.165, 1.54) is 0 Å². The molecule has 0 heterocycles. The number of hydrogen-bond acceptors (Lipinski definition) is 2. The number of alkyl halides is 9. The first-order valence-electron chi connectivity index (χ1n) is 5.20. The average molecular weight is 378 g/mol. The maximum Gasteiger partial charge on any atom is 0.426 e.